The van der Waals surface area contributed by atoms with Gasteiger partial charge in [-0.1, -0.05) is 47.3 Å². The highest BCUT2D eigenvalue weighted by atomic mass is 79.9. The number of carbonyl (C=O) groups excluding carboxylic acids is 2. The molecule has 0 radical (unpaired) electrons. The number of carbonyl (C=O) groups is 2. The zero-order valence-corrected chi connectivity index (χ0v) is 16.6. The Morgan fingerprint density at radius 2 is 1.92 bits per heavy atom. The van der Waals surface area contributed by atoms with Crippen LogP contribution >= 0.6 is 27.7 Å². The molecule has 1 aromatic carbocycles. The number of fused-ring (bicyclic) bond motifs is 1. The molecule has 1 saturated carbocycles. The zero-order chi connectivity index (χ0) is 17.4. The normalized spacial score (nSPS) is 29.7. The maximum absolute atomic E-state index is 12.9. The Hall–Kier alpha value is -1.01. The van der Waals surface area contributed by atoms with Crippen LogP contribution in [0.4, 0.5) is 0 Å². The topological polar surface area (TPSA) is 49.4 Å². The third-order valence-corrected chi connectivity index (χ3v) is 7.80. The van der Waals surface area contributed by atoms with Crippen molar-refractivity contribution < 1.29 is 9.59 Å². The molecule has 4 rings (SSSR count). The Bertz CT molecular complexity index is 675. The van der Waals surface area contributed by atoms with E-state index in [2.05, 4.69) is 33.4 Å². The summed E-state index contributed by atoms with van der Waals surface area (Å²) in [5.41, 5.74) is 1.12. The molecule has 4 nitrogen and oxygen atoms in total. The van der Waals surface area contributed by atoms with Gasteiger partial charge in [-0.05, 0) is 37.0 Å². The lowest BCUT2D eigenvalue weighted by atomic mass is 9.95. The molecule has 0 aromatic heterocycles. The van der Waals surface area contributed by atoms with Gasteiger partial charge in [0.25, 0.3) is 0 Å². The van der Waals surface area contributed by atoms with Gasteiger partial charge >= 0.3 is 0 Å². The van der Waals surface area contributed by atoms with Gasteiger partial charge in [0.1, 0.15) is 10.9 Å². The van der Waals surface area contributed by atoms with E-state index < -0.39 is 0 Å². The van der Waals surface area contributed by atoms with E-state index in [4.69, 9.17) is 0 Å². The molecule has 1 aliphatic carbocycles. The van der Waals surface area contributed by atoms with Crippen molar-refractivity contribution in [1.29, 1.82) is 0 Å². The molecule has 1 N–H and O–H groups in total. The smallest absolute Gasteiger partial charge is 0.243 e. The second-order valence-corrected chi connectivity index (χ2v) is 9.44. The van der Waals surface area contributed by atoms with Crippen LogP contribution in [-0.4, -0.2) is 34.6 Å². The summed E-state index contributed by atoms with van der Waals surface area (Å²) in [7, 11) is 0. The minimum absolute atomic E-state index is 0.0358. The SMILES string of the molecule is O=C(NC1CCCCC1)C1CSC2(c3ccc(Br)cc3)CCC(=O)N12. The third-order valence-electron chi connectivity index (χ3n) is 5.68. The van der Waals surface area contributed by atoms with Crippen LogP contribution in [0, 0.1) is 0 Å². The fourth-order valence-corrected chi connectivity index (χ4v) is 6.31. The van der Waals surface area contributed by atoms with E-state index in [1.54, 1.807) is 11.8 Å². The summed E-state index contributed by atoms with van der Waals surface area (Å²) >= 11 is 5.23. The number of benzene rings is 1. The van der Waals surface area contributed by atoms with Crippen molar-refractivity contribution in [1.82, 2.24) is 10.2 Å². The summed E-state index contributed by atoms with van der Waals surface area (Å²) in [5, 5.41) is 3.22. The largest absolute Gasteiger partial charge is 0.352 e. The molecule has 2 heterocycles. The van der Waals surface area contributed by atoms with Crippen molar-refractivity contribution >= 4 is 39.5 Å². The molecular weight excluding hydrogens is 400 g/mol. The van der Waals surface area contributed by atoms with Crippen LogP contribution in [0.15, 0.2) is 28.7 Å². The first-order valence-electron chi connectivity index (χ1n) is 9.13. The lowest BCUT2D eigenvalue weighted by molar-refractivity contribution is -0.138. The van der Waals surface area contributed by atoms with Gasteiger partial charge in [0, 0.05) is 22.7 Å². The summed E-state index contributed by atoms with van der Waals surface area (Å²) < 4.78 is 1.03. The van der Waals surface area contributed by atoms with Crippen molar-refractivity contribution in [3.05, 3.63) is 34.3 Å². The first-order chi connectivity index (χ1) is 12.1. The van der Waals surface area contributed by atoms with Crippen LogP contribution < -0.4 is 5.32 Å². The van der Waals surface area contributed by atoms with Gasteiger partial charge < -0.3 is 10.2 Å². The number of thioether (sulfide) groups is 1. The van der Waals surface area contributed by atoms with E-state index in [0.717, 1.165) is 29.3 Å². The van der Waals surface area contributed by atoms with E-state index in [9.17, 15) is 9.59 Å². The van der Waals surface area contributed by atoms with Crippen molar-refractivity contribution in [2.24, 2.45) is 0 Å². The molecule has 0 bridgehead atoms. The Balaban J connectivity index is 1.56. The van der Waals surface area contributed by atoms with Crippen molar-refractivity contribution in [3.8, 4) is 0 Å². The molecule has 2 amide bonds. The monoisotopic (exact) mass is 422 g/mol. The van der Waals surface area contributed by atoms with Gasteiger partial charge in [0.05, 0.1) is 0 Å². The predicted molar refractivity (Wildman–Crippen MR) is 103 cm³/mol. The summed E-state index contributed by atoms with van der Waals surface area (Å²) in [6, 6.07) is 8.12. The molecule has 3 fully saturated rings. The van der Waals surface area contributed by atoms with E-state index in [1.165, 1.54) is 19.3 Å². The number of halogens is 1. The first kappa shape index (κ1) is 17.4. The van der Waals surface area contributed by atoms with E-state index in [0.29, 0.717) is 12.2 Å². The Morgan fingerprint density at radius 3 is 2.64 bits per heavy atom. The fraction of sp³-hybridized carbons (Fsp3) is 0.579. The van der Waals surface area contributed by atoms with Crippen LogP contribution in [-0.2, 0) is 14.5 Å². The lowest BCUT2D eigenvalue weighted by Gasteiger charge is -2.34. The van der Waals surface area contributed by atoms with Gasteiger partial charge in [-0.2, -0.15) is 0 Å². The Morgan fingerprint density at radius 1 is 1.20 bits per heavy atom. The minimum atomic E-state index is -0.369. The molecule has 25 heavy (non-hydrogen) atoms. The third kappa shape index (κ3) is 3.12. The van der Waals surface area contributed by atoms with Crippen LogP contribution in [0.1, 0.15) is 50.5 Å². The second-order valence-electron chi connectivity index (χ2n) is 7.23. The van der Waals surface area contributed by atoms with Gasteiger partial charge in [0.15, 0.2) is 0 Å². The standard InChI is InChI=1S/C19H23BrN2O2S/c20-14-8-6-13(7-9-14)19-11-10-17(23)22(19)16(12-25-19)18(24)21-15-4-2-1-3-5-15/h6-9,15-16H,1-5,10-12H2,(H,21,24). The number of hydrogen-bond acceptors (Lipinski definition) is 3. The number of nitrogens with zero attached hydrogens (tertiary/aromatic N) is 1. The van der Waals surface area contributed by atoms with Crippen LogP contribution in [0.2, 0.25) is 0 Å². The molecule has 2 unspecified atom stereocenters. The number of amides is 2. The zero-order valence-electron chi connectivity index (χ0n) is 14.2. The number of hydrogen-bond donors (Lipinski definition) is 1. The quantitative estimate of drug-likeness (QED) is 0.805. The van der Waals surface area contributed by atoms with E-state index in [-0.39, 0.29) is 28.8 Å². The lowest BCUT2D eigenvalue weighted by Crippen LogP contribution is -2.52. The van der Waals surface area contributed by atoms with Crippen LogP contribution in [0.3, 0.4) is 0 Å². The van der Waals surface area contributed by atoms with Gasteiger partial charge in [-0.15, -0.1) is 11.8 Å². The highest BCUT2D eigenvalue weighted by Crippen LogP contribution is 2.54. The van der Waals surface area contributed by atoms with E-state index >= 15 is 0 Å². The summed E-state index contributed by atoms with van der Waals surface area (Å²) in [4.78, 5) is 27.0. The van der Waals surface area contributed by atoms with Crippen molar-refractivity contribution in [2.45, 2.75) is 61.9 Å². The van der Waals surface area contributed by atoms with Crippen LogP contribution in [0.25, 0.3) is 0 Å². The fourth-order valence-electron chi connectivity index (χ4n) is 4.39. The second kappa shape index (κ2) is 6.95. The maximum atomic E-state index is 12.9. The summed E-state index contributed by atoms with van der Waals surface area (Å²) in [6.07, 6.45) is 7.09. The maximum Gasteiger partial charge on any atom is 0.243 e. The van der Waals surface area contributed by atoms with Gasteiger partial charge in [-0.25, -0.2) is 0 Å². The van der Waals surface area contributed by atoms with Crippen LogP contribution in [0.5, 0.6) is 0 Å². The molecule has 134 valence electrons. The molecule has 1 aromatic rings. The molecule has 6 heteroatoms. The summed E-state index contributed by atoms with van der Waals surface area (Å²) in [5.74, 6) is 0.825. The van der Waals surface area contributed by atoms with Gasteiger partial charge in [0.2, 0.25) is 11.8 Å². The molecule has 2 atom stereocenters. The van der Waals surface area contributed by atoms with Crippen molar-refractivity contribution in [2.75, 3.05) is 5.75 Å². The Kier molecular flexibility index (Phi) is 4.84. The average Bonchev–Trinajstić information content (AvgIpc) is 3.16. The average molecular weight is 423 g/mol. The molecule has 0 spiro atoms. The molecule has 2 saturated heterocycles. The van der Waals surface area contributed by atoms with E-state index in [1.807, 2.05) is 17.0 Å². The van der Waals surface area contributed by atoms with Crippen molar-refractivity contribution in [3.63, 3.8) is 0 Å². The minimum Gasteiger partial charge on any atom is -0.352 e. The van der Waals surface area contributed by atoms with Gasteiger partial charge in [-0.3, -0.25) is 9.59 Å². The predicted octanol–water partition coefficient (Wildman–Crippen LogP) is 3.79. The highest BCUT2D eigenvalue weighted by Gasteiger charge is 2.56. The first-order valence-corrected chi connectivity index (χ1v) is 10.9. The number of nitrogens with one attached hydrogen (secondary N) is 1. The molecule has 3 aliphatic rings. The Labute approximate surface area is 161 Å². The molecule has 2 aliphatic heterocycles. The summed E-state index contributed by atoms with van der Waals surface area (Å²) in [6.45, 7) is 0. The number of rotatable bonds is 3. The highest BCUT2D eigenvalue weighted by molar-refractivity contribution is 9.10. The molecular formula is C19H23BrN2O2S.